The van der Waals surface area contributed by atoms with Crippen LogP contribution in [0, 0.1) is 6.92 Å². The second-order valence-corrected chi connectivity index (χ2v) is 6.92. The predicted octanol–water partition coefficient (Wildman–Crippen LogP) is 4.08. The quantitative estimate of drug-likeness (QED) is 0.921. The smallest absolute Gasteiger partial charge is 0.171 e. The second kappa shape index (κ2) is 5.51. The van der Waals surface area contributed by atoms with Crippen LogP contribution in [0.3, 0.4) is 0 Å². The van der Waals surface area contributed by atoms with Crippen molar-refractivity contribution < 1.29 is 0 Å². The molecule has 0 aromatic carbocycles. The van der Waals surface area contributed by atoms with E-state index in [1.54, 1.807) is 11.3 Å². The number of hydrogen-bond acceptors (Lipinski definition) is 5. The highest BCUT2D eigenvalue weighted by molar-refractivity contribution is 7.98. The summed E-state index contributed by atoms with van der Waals surface area (Å²) in [6.07, 6.45) is 1.11. The van der Waals surface area contributed by atoms with E-state index in [0.717, 1.165) is 41.0 Å². The molecule has 0 atom stereocenters. The molecule has 2 aromatic heterocycles. The van der Waals surface area contributed by atoms with Crippen molar-refractivity contribution in [1.82, 2.24) is 9.97 Å². The summed E-state index contributed by atoms with van der Waals surface area (Å²) in [5, 5.41) is 3.45. The van der Waals surface area contributed by atoms with Gasteiger partial charge >= 0.3 is 0 Å². The SMILES string of the molecule is CCCNc1nc(-c2ccc(C)s2)nc2c1CSC2. The van der Waals surface area contributed by atoms with Crippen LogP contribution in [0.1, 0.15) is 29.5 Å². The first-order chi connectivity index (χ1) is 9.28. The van der Waals surface area contributed by atoms with Crippen LogP contribution in [-0.2, 0) is 11.5 Å². The molecule has 3 rings (SSSR count). The first kappa shape index (κ1) is 12.9. The van der Waals surface area contributed by atoms with Gasteiger partial charge in [-0.25, -0.2) is 9.97 Å². The van der Waals surface area contributed by atoms with Crippen molar-refractivity contribution in [2.24, 2.45) is 0 Å². The maximum absolute atomic E-state index is 4.74. The van der Waals surface area contributed by atoms with Crippen LogP contribution in [0.25, 0.3) is 10.7 Å². The third-order valence-corrected chi connectivity index (χ3v) is 5.05. The number of nitrogens with zero attached hydrogens (tertiary/aromatic N) is 2. The summed E-state index contributed by atoms with van der Waals surface area (Å²) >= 11 is 3.68. The summed E-state index contributed by atoms with van der Waals surface area (Å²) in [6, 6.07) is 4.25. The molecule has 0 unspecified atom stereocenters. The molecular weight excluding hydrogens is 274 g/mol. The van der Waals surface area contributed by atoms with Crippen LogP contribution in [0.4, 0.5) is 5.82 Å². The van der Waals surface area contributed by atoms with Crippen molar-refractivity contribution in [3.05, 3.63) is 28.3 Å². The number of hydrogen-bond donors (Lipinski definition) is 1. The van der Waals surface area contributed by atoms with E-state index in [0.29, 0.717) is 0 Å². The average Bonchev–Trinajstić information content (AvgIpc) is 3.03. The van der Waals surface area contributed by atoms with Crippen LogP contribution < -0.4 is 5.32 Å². The molecule has 0 fully saturated rings. The molecule has 2 aromatic rings. The van der Waals surface area contributed by atoms with E-state index in [2.05, 4.69) is 31.3 Å². The largest absolute Gasteiger partial charge is 0.370 e. The molecule has 5 heteroatoms. The van der Waals surface area contributed by atoms with E-state index < -0.39 is 0 Å². The average molecular weight is 291 g/mol. The van der Waals surface area contributed by atoms with E-state index >= 15 is 0 Å². The van der Waals surface area contributed by atoms with E-state index in [-0.39, 0.29) is 0 Å². The zero-order chi connectivity index (χ0) is 13.2. The van der Waals surface area contributed by atoms with Gasteiger partial charge in [-0.05, 0) is 25.5 Å². The highest BCUT2D eigenvalue weighted by Gasteiger charge is 2.20. The van der Waals surface area contributed by atoms with Crippen LogP contribution in [0.5, 0.6) is 0 Å². The van der Waals surface area contributed by atoms with Gasteiger partial charge in [0, 0.05) is 28.5 Å². The summed E-state index contributed by atoms with van der Waals surface area (Å²) in [6.45, 7) is 5.26. The monoisotopic (exact) mass is 291 g/mol. The molecular formula is C14H17N3S2. The maximum atomic E-state index is 4.74. The van der Waals surface area contributed by atoms with Crippen LogP contribution in [0.2, 0.25) is 0 Å². The Morgan fingerprint density at radius 1 is 1.26 bits per heavy atom. The van der Waals surface area contributed by atoms with E-state index in [9.17, 15) is 0 Å². The van der Waals surface area contributed by atoms with Gasteiger partial charge in [0.25, 0.3) is 0 Å². The summed E-state index contributed by atoms with van der Waals surface area (Å²) in [5.74, 6) is 3.96. The van der Waals surface area contributed by atoms with Gasteiger partial charge in [-0.15, -0.1) is 11.3 Å². The first-order valence-corrected chi connectivity index (χ1v) is 8.53. The molecule has 1 N–H and O–H groups in total. The number of fused-ring (bicyclic) bond motifs is 1. The highest BCUT2D eigenvalue weighted by Crippen LogP contribution is 2.35. The van der Waals surface area contributed by atoms with Crippen molar-refractivity contribution in [2.45, 2.75) is 31.8 Å². The molecule has 0 saturated heterocycles. The number of thiophene rings is 1. The number of thioether (sulfide) groups is 1. The normalized spacial score (nSPS) is 13.6. The Labute approximate surface area is 121 Å². The third kappa shape index (κ3) is 2.62. The van der Waals surface area contributed by atoms with Gasteiger partial charge in [0.2, 0.25) is 0 Å². The first-order valence-electron chi connectivity index (χ1n) is 6.56. The summed E-state index contributed by atoms with van der Waals surface area (Å²) in [5.41, 5.74) is 2.51. The van der Waals surface area contributed by atoms with Gasteiger partial charge in [0.05, 0.1) is 10.6 Å². The highest BCUT2D eigenvalue weighted by atomic mass is 32.2. The summed E-state index contributed by atoms with van der Waals surface area (Å²) in [4.78, 5) is 12.0. The second-order valence-electron chi connectivity index (χ2n) is 4.65. The van der Waals surface area contributed by atoms with Gasteiger partial charge in [0.1, 0.15) is 5.82 Å². The minimum atomic E-state index is 0.873. The van der Waals surface area contributed by atoms with Gasteiger partial charge in [-0.3, -0.25) is 0 Å². The van der Waals surface area contributed by atoms with Crippen LogP contribution >= 0.6 is 23.1 Å². The number of aromatic nitrogens is 2. The minimum absolute atomic E-state index is 0.873. The fraction of sp³-hybridized carbons (Fsp3) is 0.429. The number of nitrogens with one attached hydrogen (secondary N) is 1. The fourth-order valence-corrected chi connectivity index (χ4v) is 3.95. The third-order valence-electron chi connectivity index (χ3n) is 3.08. The Morgan fingerprint density at radius 3 is 2.89 bits per heavy atom. The summed E-state index contributed by atoms with van der Waals surface area (Å²) in [7, 11) is 0. The molecule has 3 heterocycles. The maximum Gasteiger partial charge on any atom is 0.171 e. The number of rotatable bonds is 4. The van der Waals surface area contributed by atoms with Crippen molar-refractivity contribution in [3.8, 4) is 10.7 Å². The molecule has 1 aliphatic rings. The lowest BCUT2D eigenvalue weighted by molar-refractivity contribution is 0.956. The Hall–Kier alpha value is -1.07. The lowest BCUT2D eigenvalue weighted by Crippen LogP contribution is -2.07. The van der Waals surface area contributed by atoms with Crippen LogP contribution in [-0.4, -0.2) is 16.5 Å². The van der Waals surface area contributed by atoms with Gasteiger partial charge in [0.15, 0.2) is 5.82 Å². The van der Waals surface area contributed by atoms with Crippen molar-refractivity contribution >= 4 is 28.9 Å². The molecule has 0 bridgehead atoms. The zero-order valence-corrected chi connectivity index (χ0v) is 12.8. The van der Waals surface area contributed by atoms with Crippen molar-refractivity contribution in [1.29, 1.82) is 0 Å². The zero-order valence-electron chi connectivity index (χ0n) is 11.2. The number of aryl methyl sites for hydroxylation is 1. The molecule has 19 heavy (non-hydrogen) atoms. The lowest BCUT2D eigenvalue weighted by atomic mass is 10.2. The molecule has 3 nitrogen and oxygen atoms in total. The van der Waals surface area contributed by atoms with Crippen molar-refractivity contribution in [2.75, 3.05) is 11.9 Å². The molecule has 1 aliphatic heterocycles. The molecule has 0 radical (unpaired) electrons. The van der Waals surface area contributed by atoms with Gasteiger partial charge in [-0.2, -0.15) is 11.8 Å². The van der Waals surface area contributed by atoms with Crippen molar-refractivity contribution in [3.63, 3.8) is 0 Å². The Balaban J connectivity index is 2.02. The minimum Gasteiger partial charge on any atom is -0.370 e. The Kier molecular flexibility index (Phi) is 3.75. The fourth-order valence-electron chi connectivity index (χ4n) is 2.11. The van der Waals surface area contributed by atoms with Crippen LogP contribution in [0.15, 0.2) is 12.1 Å². The lowest BCUT2D eigenvalue weighted by Gasteiger charge is -2.10. The Bertz CT molecular complexity index is 592. The number of anilines is 1. The van der Waals surface area contributed by atoms with Gasteiger partial charge in [-0.1, -0.05) is 6.92 Å². The van der Waals surface area contributed by atoms with E-state index in [4.69, 9.17) is 9.97 Å². The van der Waals surface area contributed by atoms with E-state index in [1.807, 2.05) is 11.8 Å². The summed E-state index contributed by atoms with van der Waals surface area (Å²) < 4.78 is 0. The van der Waals surface area contributed by atoms with E-state index in [1.165, 1.54) is 16.1 Å². The molecule has 0 saturated carbocycles. The molecule has 0 aliphatic carbocycles. The molecule has 0 spiro atoms. The topological polar surface area (TPSA) is 37.8 Å². The molecule has 0 amide bonds. The van der Waals surface area contributed by atoms with Gasteiger partial charge < -0.3 is 5.32 Å². The standard InChI is InChI=1S/C14H17N3S2/c1-3-6-15-13-10-7-18-8-11(10)16-14(17-13)12-5-4-9(2)19-12/h4-5H,3,6-8H2,1-2H3,(H,15,16,17). The Morgan fingerprint density at radius 2 is 2.16 bits per heavy atom. The molecule has 100 valence electrons. The predicted molar refractivity (Wildman–Crippen MR) is 83.9 cm³/mol.